The summed E-state index contributed by atoms with van der Waals surface area (Å²) in [6.07, 6.45) is -18.1. The van der Waals surface area contributed by atoms with E-state index in [9.17, 15) is 54.2 Å². The number of nitrogens with zero attached hydrogens (tertiary/aromatic N) is 2. The van der Waals surface area contributed by atoms with Gasteiger partial charge < -0.3 is 9.84 Å². The van der Waals surface area contributed by atoms with Crippen molar-refractivity contribution in [1.82, 2.24) is 4.90 Å². The number of carboxylic acid groups (broad SMARTS) is 1. The first-order valence-corrected chi connectivity index (χ1v) is 12.2. The molecule has 0 fully saturated rings. The van der Waals surface area contributed by atoms with Gasteiger partial charge in [-0.2, -0.15) is 39.5 Å². The Labute approximate surface area is 228 Å². The lowest BCUT2D eigenvalue weighted by molar-refractivity contribution is -0.143. The standard InChI is InChI=1S/C26H25F9N2O4/c1-4-23(5-2)12-20(18-11-15(24(27,28)29)6-7-19(18)37(23)21(38)39)36(22(40)41-3)13-14-8-16(25(30,31)32)10-17(9-14)26(33,34)35/h6-11,20H,4-5,12-13H2,1-3H3,(H,38,39)/t20-/m0/s1. The van der Waals surface area contributed by atoms with Crippen LogP contribution in [0, 0.1) is 0 Å². The monoisotopic (exact) mass is 600 g/mol. The van der Waals surface area contributed by atoms with E-state index < -0.39 is 71.1 Å². The number of hydrogen-bond donors (Lipinski definition) is 1. The van der Waals surface area contributed by atoms with Gasteiger partial charge in [0.1, 0.15) is 0 Å². The first-order valence-electron chi connectivity index (χ1n) is 12.2. The Hall–Kier alpha value is -3.65. The quantitative estimate of drug-likeness (QED) is 0.350. The molecule has 0 bridgehead atoms. The van der Waals surface area contributed by atoms with Crippen molar-refractivity contribution in [2.45, 2.75) is 69.8 Å². The van der Waals surface area contributed by atoms with Crippen molar-refractivity contribution >= 4 is 17.9 Å². The summed E-state index contributed by atoms with van der Waals surface area (Å²) in [4.78, 5) is 26.9. The van der Waals surface area contributed by atoms with Crippen LogP contribution in [0.25, 0.3) is 0 Å². The summed E-state index contributed by atoms with van der Waals surface area (Å²) in [6, 6.07) is 1.47. The number of halogens is 9. The van der Waals surface area contributed by atoms with Crippen LogP contribution in [0.1, 0.15) is 67.0 Å². The van der Waals surface area contributed by atoms with Gasteiger partial charge >= 0.3 is 30.7 Å². The lowest BCUT2D eigenvalue weighted by atomic mass is 9.76. The lowest BCUT2D eigenvalue weighted by Gasteiger charge is -2.50. The molecule has 3 rings (SSSR count). The molecule has 1 aliphatic heterocycles. The van der Waals surface area contributed by atoms with E-state index in [1.807, 2.05) is 0 Å². The molecule has 0 saturated heterocycles. The number of carbonyl (C=O) groups excluding carboxylic acids is 1. The minimum absolute atomic E-state index is 0.0958. The van der Waals surface area contributed by atoms with Gasteiger partial charge in [-0.3, -0.25) is 9.80 Å². The lowest BCUT2D eigenvalue weighted by Crippen LogP contribution is -2.57. The number of anilines is 1. The highest BCUT2D eigenvalue weighted by Crippen LogP contribution is 2.50. The zero-order valence-corrected chi connectivity index (χ0v) is 21.8. The summed E-state index contributed by atoms with van der Waals surface area (Å²) >= 11 is 0. The summed E-state index contributed by atoms with van der Waals surface area (Å²) in [5, 5.41) is 10.0. The van der Waals surface area contributed by atoms with Gasteiger partial charge in [-0.15, -0.1) is 0 Å². The first-order chi connectivity index (χ1) is 18.8. The molecule has 6 nitrogen and oxygen atoms in total. The van der Waals surface area contributed by atoms with E-state index in [1.54, 1.807) is 13.8 Å². The highest BCUT2D eigenvalue weighted by Gasteiger charge is 2.49. The maximum Gasteiger partial charge on any atom is 0.416 e. The van der Waals surface area contributed by atoms with E-state index in [2.05, 4.69) is 0 Å². The van der Waals surface area contributed by atoms with E-state index >= 15 is 0 Å². The fourth-order valence-corrected chi connectivity index (χ4v) is 5.18. The average Bonchev–Trinajstić information content (AvgIpc) is 2.88. The number of methoxy groups -OCH3 is 1. The van der Waals surface area contributed by atoms with E-state index in [1.165, 1.54) is 0 Å². The van der Waals surface area contributed by atoms with Gasteiger partial charge in [-0.05, 0) is 66.8 Å². The highest BCUT2D eigenvalue weighted by atomic mass is 19.4. The molecule has 1 aliphatic rings. The van der Waals surface area contributed by atoms with Crippen molar-refractivity contribution in [2.75, 3.05) is 12.0 Å². The van der Waals surface area contributed by atoms with Crippen LogP contribution in [0.2, 0.25) is 0 Å². The molecule has 1 heterocycles. The Morgan fingerprint density at radius 3 is 1.83 bits per heavy atom. The second-order valence-corrected chi connectivity index (χ2v) is 9.55. The van der Waals surface area contributed by atoms with E-state index in [0.717, 1.165) is 18.1 Å². The van der Waals surface area contributed by atoms with Crippen molar-refractivity contribution in [3.63, 3.8) is 0 Å². The fourth-order valence-electron chi connectivity index (χ4n) is 5.18. The molecular formula is C26H25F9N2O4. The van der Waals surface area contributed by atoms with Crippen molar-refractivity contribution in [3.05, 3.63) is 64.2 Å². The third-order valence-corrected chi connectivity index (χ3v) is 7.30. The number of rotatable bonds is 5. The number of alkyl halides is 9. The second-order valence-electron chi connectivity index (χ2n) is 9.55. The van der Waals surface area contributed by atoms with Gasteiger partial charge in [0.05, 0.1) is 41.1 Å². The number of hydrogen-bond acceptors (Lipinski definition) is 3. The molecule has 226 valence electrons. The maximum atomic E-state index is 13.7. The molecule has 1 atom stereocenters. The summed E-state index contributed by atoms with van der Waals surface area (Å²) < 4.78 is 127. The normalized spacial score (nSPS) is 17.2. The number of amides is 2. The third kappa shape index (κ3) is 6.32. The van der Waals surface area contributed by atoms with Crippen LogP contribution >= 0.6 is 0 Å². The van der Waals surface area contributed by atoms with Crippen molar-refractivity contribution in [1.29, 1.82) is 0 Å². The predicted octanol–water partition coefficient (Wildman–Crippen LogP) is 8.50. The summed E-state index contributed by atoms with van der Waals surface area (Å²) in [5.74, 6) is 0. The van der Waals surface area contributed by atoms with Gasteiger partial charge in [-0.1, -0.05) is 13.8 Å². The molecule has 2 amide bonds. The molecule has 2 aromatic rings. The second kappa shape index (κ2) is 11.0. The minimum atomic E-state index is -5.19. The molecule has 41 heavy (non-hydrogen) atoms. The zero-order valence-electron chi connectivity index (χ0n) is 21.8. The van der Waals surface area contributed by atoms with Crippen molar-refractivity contribution in [2.24, 2.45) is 0 Å². The van der Waals surface area contributed by atoms with Crippen molar-refractivity contribution < 1.29 is 58.9 Å². The fraction of sp³-hybridized carbons (Fsp3) is 0.462. The van der Waals surface area contributed by atoms with Crippen LogP contribution in [0.3, 0.4) is 0 Å². The summed E-state index contributed by atoms with van der Waals surface area (Å²) in [5.41, 5.74) is -6.93. The first kappa shape index (κ1) is 31.9. The topological polar surface area (TPSA) is 70.1 Å². The van der Waals surface area contributed by atoms with E-state index in [4.69, 9.17) is 4.74 Å². The van der Waals surface area contributed by atoms with Crippen LogP contribution in [0.5, 0.6) is 0 Å². The minimum Gasteiger partial charge on any atom is -0.465 e. The van der Waals surface area contributed by atoms with Gasteiger partial charge in [0.2, 0.25) is 0 Å². The molecule has 0 unspecified atom stereocenters. The van der Waals surface area contributed by atoms with E-state index in [-0.39, 0.29) is 36.6 Å². The molecule has 0 aromatic heterocycles. The maximum absolute atomic E-state index is 13.7. The molecule has 0 spiro atoms. The van der Waals surface area contributed by atoms with Crippen LogP contribution in [-0.2, 0) is 29.8 Å². The van der Waals surface area contributed by atoms with Crippen LogP contribution < -0.4 is 4.90 Å². The van der Waals surface area contributed by atoms with E-state index in [0.29, 0.717) is 29.2 Å². The Kier molecular flexibility index (Phi) is 8.53. The average molecular weight is 600 g/mol. The van der Waals surface area contributed by atoms with Crippen molar-refractivity contribution in [3.8, 4) is 0 Å². The largest absolute Gasteiger partial charge is 0.465 e. The molecule has 0 radical (unpaired) electrons. The van der Waals surface area contributed by atoms with Crippen LogP contribution in [0.15, 0.2) is 36.4 Å². The van der Waals surface area contributed by atoms with Gasteiger partial charge in [-0.25, -0.2) is 9.59 Å². The SMILES string of the molecule is CCC1(CC)C[C@H](N(Cc2cc(C(F)(F)F)cc(C(F)(F)F)c2)C(=O)OC)c2cc(C(F)(F)F)ccc2N1C(=O)O. The van der Waals surface area contributed by atoms with Crippen LogP contribution in [0.4, 0.5) is 54.8 Å². The number of ether oxygens (including phenoxy) is 1. The van der Waals surface area contributed by atoms with Gasteiger partial charge in [0, 0.05) is 6.54 Å². The molecule has 15 heteroatoms. The molecule has 0 aliphatic carbocycles. The summed E-state index contributed by atoms with van der Waals surface area (Å²) in [6.45, 7) is 2.30. The van der Waals surface area contributed by atoms with Gasteiger partial charge in [0.15, 0.2) is 0 Å². The Morgan fingerprint density at radius 1 is 0.902 bits per heavy atom. The smallest absolute Gasteiger partial charge is 0.416 e. The third-order valence-electron chi connectivity index (χ3n) is 7.30. The molecule has 2 aromatic carbocycles. The zero-order chi connectivity index (χ0) is 31.1. The molecule has 0 saturated carbocycles. The highest BCUT2D eigenvalue weighted by molar-refractivity contribution is 5.90. The van der Waals surface area contributed by atoms with Crippen LogP contribution in [-0.4, -0.2) is 34.8 Å². The molecular weight excluding hydrogens is 575 g/mol. The Bertz CT molecular complexity index is 1270. The Balaban J connectivity index is 2.30. The number of fused-ring (bicyclic) bond motifs is 1. The van der Waals surface area contributed by atoms with Gasteiger partial charge in [0.25, 0.3) is 0 Å². The summed E-state index contributed by atoms with van der Waals surface area (Å²) in [7, 11) is 0.884. The predicted molar refractivity (Wildman–Crippen MR) is 127 cm³/mol. The number of carbonyl (C=O) groups is 2. The molecule has 1 N–H and O–H groups in total. The number of benzene rings is 2. The Morgan fingerprint density at radius 2 is 1.41 bits per heavy atom.